The highest BCUT2D eigenvalue weighted by molar-refractivity contribution is 5.54. The number of phenolic OH excluding ortho intramolecular Hbond substituents is 1. The smallest absolute Gasteiger partial charge is 0.163 e. The van der Waals surface area contributed by atoms with Gasteiger partial charge in [0.15, 0.2) is 11.5 Å². The van der Waals surface area contributed by atoms with Crippen LogP contribution in [0, 0.1) is 6.92 Å². The van der Waals surface area contributed by atoms with Crippen molar-refractivity contribution in [2.75, 3.05) is 7.11 Å². The van der Waals surface area contributed by atoms with Crippen LogP contribution in [0.2, 0.25) is 0 Å². The average Bonchev–Trinajstić information content (AvgIpc) is 2.20. The lowest BCUT2D eigenvalue weighted by atomic mass is 10.1. The largest absolute Gasteiger partial charge is 0.504 e. The van der Waals surface area contributed by atoms with E-state index in [4.69, 9.17) is 4.74 Å². The van der Waals surface area contributed by atoms with Crippen LogP contribution in [0.1, 0.15) is 17.5 Å². The first-order chi connectivity index (χ1) is 6.70. The number of hydrogen-bond donors (Lipinski definition) is 1. The monoisotopic (exact) mass is 194 g/mol. The van der Waals surface area contributed by atoms with Crippen LogP contribution in [-0.2, 0) is 11.2 Å². The molecule has 1 rings (SSSR count). The molecule has 14 heavy (non-hydrogen) atoms. The zero-order valence-electron chi connectivity index (χ0n) is 8.41. The van der Waals surface area contributed by atoms with Crippen LogP contribution in [0.15, 0.2) is 12.1 Å². The third kappa shape index (κ3) is 2.05. The van der Waals surface area contributed by atoms with E-state index < -0.39 is 0 Å². The fourth-order valence-corrected chi connectivity index (χ4v) is 1.35. The Bertz CT molecular complexity index is 332. The molecular formula is C11H14O3. The summed E-state index contributed by atoms with van der Waals surface area (Å²) < 4.78 is 5.09. The number of carbonyl (C=O) groups excluding carboxylic acids is 1. The summed E-state index contributed by atoms with van der Waals surface area (Å²) in [4.78, 5) is 10.2. The van der Waals surface area contributed by atoms with Crippen molar-refractivity contribution in [1.29, 1.82) is 0 Å². The molecule has 0 fully saturated rings. The lowest BCUT2D eigenvalue weighted by Crippen LogP contribution is -1.94. The molecule has 3 heteroatoms. The molecule has 0 aliphatic heterocycles. The van der Waals surface area contributed by atoms with E-state index in [-0.39, 0.29) is 5.75 Å². The number of methoxy groups -OCH3 is 1. The summed E-state index contributed by atoms with van der Waals surface area (Å²) >= 11 is 0. The standard InChI is InChI=1S/C11H14O3/c1-8-5-6-9(4-3-7-12)11(14-2)10(8)13/h5-7,13H,3-4H2,1-2H3. The van der Waals surface area contributed by atoms with Crippen LogP contribution in [-0.4, -0.2) is 18.5 Å². The van der Waals surface area contributed by atoms with Crippen molar-refractivity contribution in [3.63, 3.8) is 0 Å². The van der Waals surface area contributed by atoms with Gasteiger partial charge in [0.25, 0.3) is 0 Å². The minimum Gasteiger partial charge on any atom is -0.504 e. The second-order valence-electron chi connectivity index (χ2n) is 3.13. The number of phenols is 1. The van der Waals surface area contributed by atoms with Gasteiger partial charge in [0.2, 0.25) is 0 Å². The maximum absolute atomic E-state index is 10.2. The summed E-state index contributed by atoms with van der Waals surface area (Å²) in [6.45, 7) is 1.81. The van der Waals surface area contributed by atoms with Gasteiger partial charge in [-0.2, -0.15) is 0 Å². The van der Waals surface area contributed by atoms with Crippen LogP contribution >= 0.6 is 0 Å². The van der Waals surface area contributed by atoms with E-state index in [2.05, 4.69) is 0 Å². The number of aryl methyl sites for hydroxylation is 2. The third-order valence-electron chi connectivity index (χ3n) is 2.15. The van der Waals surface area contributed by atoms with Crippen LogP contribution in [0.4, 0.5) is 0 Å². The molecule has 0 saturated heterocycles. The summed E-state index contributed by atoms with van der Waals surface area (Å²) in [5.74, 6) is 0.641. The first kappa shape index (κ1) is 10.6. The number of ether oxygens (including phenoxy) is 1. The molecule has 0 aliphatic carbocycles. The Kier molecular flexibility index (Phi) is 3.51. The molecule has 0 bridgehead atoms. The Labute approximate surface area is 83.3 Å². The van der Waals surface area contributed by atoms with Gasteiger partial charge in [0.05, 0.1) is 7.11 Å². The Hall–Kier alpha value is -1.51. The molecule has 0 heterocycles. The average molecular weight is 194 g/mol. The molecule has 3 nitrogen and oxygen atoms in total. The minimum atomic E-state index is 0.163. The summed E-state index contributed by atoms with van der Waals surface area (Å²) in [6, 6.07) is 3.69. The molecule has 1 aromatic carbocycles. The summed E-state index contributed by atoms with van der Waals surface area (Å²) in [7, 11) is 1.51. The lowest BCUT2D eigenvalue weighted by Gasteiger charge is -2.10. The van der Waals surface area contributed by atoms with E-state index in [0.29, 0.717) is 18.6 Å². The number of aldehydes is 1. The molecule has 0 atom stereocenters. The van der Waals surface area contributed by atoms with Crippen LogP contribution < -0.4 is 4.74 Å². The van der Waals surface area contributed by atoms with E-state index in [1.165, 1.54) is 7.11 Å². The van der Waals surface area contributed by atoms with E-state index >= 15 is 0 Å². The Morgan fingerprint density at radius 1 is 1.50 bits per heavy atom. The van der Waals surface area contributed by atoms with E-state index in [9.17, 15) is 9.90 Å². The zero-order valence-corrected chi connectivity index (χ0v) is 8.41. The Balaban J connectivity index is 3.03. The molecule has 0 aliphatic rings. The van der Waals surface area contributed by atoms with E-state index in [1.807, 2.05) is 12.1 Å². The number of rotatable bonds is 4. The molecule has 76 valence electrons. The quantitative estimate of drug-likeness (QED) is 0.744. The second-order valence-corrected chi connectivity index (χ2v) is 3.13. The highest BCUT2D eigenvalue weighted by atomic mass is 16.5. The van der Waals surface area contributed by atoms with Crippen molar-refractivity contribution in [2.24, 2.45) is 0 Å². The van der Waals surface area contributed by atoms with Gasteiger partial charge in [0, 0.05) is 6.42 Å². The number of carbonyl (C=O) groups is 1. The predicted molar refractivity (Wildman–Crippen MR) is 53.8 cm³/mol. The van der Waals surface area contributed by atoms with Crippen LogP contribution in [0.25, 0.3) is 0 Å². The fourth-order valence-electron chi connectivity index (χ4n) is 1.35. The Morgan fingerprint density at radius 3 is 2.79 bits per heavy atom. The van der Waals surface area contributed by atoms with E-state index in [0.717, 1.165) is 17.4 Å². The van der Waals surface area contributed by atoms with Crippen molar-refractivity contribution in [2.45, 2.75) is 19.8 Å². The predicted octanol–water partition coefficient (Wildman–Crippen LogP) is 1.84. The van der Waals surface area contributed by atoms with Gasteiger partial charge in [0.1, 0.15) is 6.29 Å². The van der Waals surface area contributed by atoms with Gasteiger partial charge >= 0.3 is 0 Å². The molecule has 0 radical (unpaired) electrons. The van der Waals surface area contributed by atoms with Crippen molar-refractivity contribution >= 4 is 6.29 Å². The van der Waals surface area contributed by atoms with Crippen molar-refractivity contribution in [3.8, 4) is 11.5 Å². The molecule has 0 saturated carbocycles. The molecule has 0 aromatic heterocycles. The van der Waals surface area contributed by atoms with Crippen LogP contribution in [0.3, 0.4) is 0 Å². The van der Waals surface area contributed by atoms with Gasteiger partial charge in [-0.3, -0.25) is 0 Å². The SMILES string of the molecule is COc1c(CCC=O)ccc(C)c1O. The fraction of sp³-hybridized carbons (Fsp3) is 0.364. The second kappa shape index (κ2) is 4.65. The van der Waals surface area contributed by atoms with Gasteiger partial charge in [-0.25, -0.2) is 0 Å². The van der Waals surface area contributed by atoms with Gasteiger partial charge in [-0.05, 0) is 24.5 Å². The normalized spacial score (nSPS) is 9.86. The van der Waals surface area contributed by atoms with E-state index in [1.54, 1.807) is 6.92 Å². The summed E-state index contributed by atoms with van der Waals surface area (Å²) in [6.07, 6.45) is 1.90. The lowest BCUT2D eigenvalue weighted by molar-refractivity contribution is -0.107. The maximum atomic E-state index is 10.2. The third-order valence-corrected chi connectivity index (χ3v) is 2.15. The highest BCUT2D eigenvalue weighted by Crippen LogP contribution is 2.33. The number of hydrogen-bond acceptors (Lipinski definition) is 3. The molecule has 1 N–H and O–H groups in total. The maximum Gasteiger partial charge on any atom is 0.163 e. The molecule has 0 spiro atoms. The van der Waals surface area contributed by atoms with Gasteiger partial charge < -0.3 is 14.6 Å². The first-order valence-corrected chi connectivity index (χ1v) is 4.49. The van der Waals surface area contributed by atoms with Crippen LogP contribution in [0.5, 0.6) is 11.5 Å². The van der Waals surface area contributed by atoms with Crippen molar-refractivity contribution < 1.29 is 14.6 Å². The number of benzene rings is 1. The summed E-state index contributed by atoms with van der Waals surface area (Å²) in [5, 5.41) is 9.66. The minimum absolute atomic E-state index is 0.163. The number of aromatic hydroxyl groups is 1. The van der Waals surface area contributed by atoms with Crippen molar-refractivity contribution in [3.05, 3.63) is 23.3 Å². The van der Waals surface area contributed by atoms with Crippen molar-refractivity contribution in [1.82, 2.24) is 0 Å². The summed E-state index contributed by atoms with van der Waals surface area (Å²) in [5.41, 5.74) is 1.64. The first-order valence-electron chi connectivity index (χ1n) is 4.49. The molecular weight excluding hydrogens is 180 g/mol. The molecule has 1 aromatic rings. The highest BCUT2D eigenvalue weighted by Gasteiger charge is 2.09. The molecule has 0 unspecified atom stereocenters. The zero-order chi connectivity index (χ0) is 10.6. The van der Waals surface area contributed by atoms with Gasteiger partial charge in [-0.1, -0.05) is 12.1 Å². The topological polar surface area (TPSA) is 46.5 Å². The Morgan fingerprint density at radius 2 is 2.21 bits per heavy atom. The van der Waals surface area contributed by atoms with Gasteiger partial charge in [-0.15, -0.1) is 0 Å². The molecule has 0 amide bonds.